The lowest BCUT2D eigenvalue weighted by Crippen LogP contribution is -2.40. The second-order valence-electron chi connectivity index (χ2n) is 5.41. The summed E-state index contributed by atoms with van der Waals surface area (Å²) in [5.74, 6) is 0.373. The summed E-state index contributed by atoms with van der Waals surface area (Å²) in [6.07, 6.45) is 4.23. The summed E-state index contributed by atoms with van der Waals surface area (Å²) in [4.78, 5) is 29.1. The summed E-state index contributed by atoms with van der Waals surface area (Å²) >= 11 is 0. The zero-order valence-corrected chi connectivity index (χ0v) is 14.3. The number of hydrogen-bond acceptors (Lipinski definition) is 3. The Morgan fingerprint density at radius 2 is 2.08 bits per heavy atom. The monoisotopic (exact) mass is 329 g/mol. The highest BCUT2D eigenvalue weighted by atomic mass is 16.5. The molecular formula is C18H23N3O3. The number of ether oxygens (including phenoxy) is 1. The third-order valence-electron chi connectivity index (χ3n) is 3.75. The summed E-state index contributed by atoms with van der Waals surface area (Å²) in [5.41, 5.74) is 2.22. The number of aromatic amines is 1. The Morgan fingerprint density at radius 3 is 2.75 bits per heavy atom. The molecule has 1 heterocycles. The van der Waals surface area contributed by atoms with Crippen LogP contribution in [0.1, 0.15) is 23.7 Å². The van der Waals surface area contributed by atoms with Crippen LogP contribution in [0.15, 0.2) is 36.7 Å². The summed E-state index contributed by atoms with van der Waals surface area (Å²) in [7, 11) is 3.17. The number of carbonyl (C=O) groups excluding carboxylic acids is 2. The van der Waals surface area contributed by atoms with Gasteiger partial charge in [-0.25, -0.2) is 0 Å². The smallest absolute Gasteiger partial charge is 0.256 e. The molecule has 0 spiro atoms. The van der Waals surface area contributed by atoms with Crippen LogP contribution in [0.5, 0.6) is 5.75 Å². The minimum Gasteiger partial charge on any atom is -0.497 e. The lowest BCUT2D eigenvalue weighted by atomic mass is 10.0. The van der Waals surface area contributed by atoms with Crippen LogP contribution in [0, 0.1) is 0 Å². The van der Waals surface area contributed by atoms with Crippen molar-refractivity contribution in [3.63, 3.8) is 0 Å². The molecule has 2 aromatic rings. The molecular weight excluding hydrogens is 306 g/mol. The number of nitrogens with zero attached hydrogens (tertiary/aromatic N) is 1. The molecule has 2 rings (SSSR count). The van der Waals surface area contributed by atoms with Gasteiger partial charge in [0.2, 0.25) is 5.91 Å². The molecule has 0 fully saturated rings. The van der Waals surface area contributed by atoms with Gasteiger partial charge in [0.1, 0.15) is 5.75 Å². The van der Waals surface area contributed by atoms with Crippen molar-refractivity contribution >= 4 is 11.8 Å². The van der Waals surface area contributed by atoms with E-state index in [0.29, 0.717) is 12.1 Å². The molecule has 0 saturated carbocycles. The molecule has 0 aliphatic heterocycles. The highest BCUT2D eigenvalue weighted by molar-refractivity contribution is 6.02. The summed E-state index contributed by atoms with van der Waals surface area (Å²) < 4.78 is 5.25. The van der Waals surface area contributed by atoms with Gasteiger partial charge < -0.3 is 19.9 Å². The van der Waals surface area contributed by atoms with Gasteiger partial charge in [0.15, 0.2) is 0 Å². The van der Waals surface area contributed by atoms with Crippen molar-refractivity contribution in [3.8, 4) is 16.9 Å². The summed E-state index contributed by atoms with van der Waals surface area (Å²) in [5, 5.41) is 2.56. The van der Waals surface area contributed by atoms with E-state index in [1.54, 1.807) is 31.5 Å². The van der Waals surface area contributed by atoms with E-state index in [2.05, 4.69) is 10.3 Å². The van der Waals surface area contributed by atoms with E-state index in [4.69, 9.17) is 4.74 Å². The number of rotatable bonds is 7. The SMILES string of the molecule is CCCN(CC(=O)NC)C(=O)c1c[nH]cc1-c1cccc(OC)c1. The maximum absolute atomic E-state index is 12.9. The first-order valence-corrected chi connectivity index (χ1v) is 7.91. The maximum atomic E-state index is 12.9. The molecule has 0 saturated heterocycles. The molecule has 0 aliphatic rings. The molecule has 2 N–H and O–H groups in total. The van der Waals surface area contributed by atoms with E-state index in [-0.39, 0.29) is 18.4 Å². The van der Waals surface area contributed by atoms with Gasteiger partial charge in [0.05, 0.1) is 19.2 Å². The highest BCUT2D eigenvalue weighted by Crippen LogP contribution is 2.27. The molecule has 128 valence electrons. The van der Waals surface area contributed by atoms with E-state index in [9.17, 15) is 9.59 Å². The van der Waals surface area contributed by atoms with Gasteiger partial charge >= 0.3 is 0 Å². The molecule has 0 unspecified atom stereocenters. The second-order valence-corrected chi connectivity index (χ2v) is 5.41. The van der Waals surface area contributed by atoms with Crippen molar-refractivity contribution in [2.75, 3.05) is 27.2 Å². The molecule has 6 nitrogen and oxygen atoms in total. The predicted molar refractivity (Wildman–Crippen MR) is 93.0 cm³/mol. The zero-order valence-electron chi connectivity index (χ0n) is 14.3. The molecule has 0 aliphatic carbocycles. The van der Waals surface area contributed by atoms with Crippen molar-refractivity contribution in [2.45, 2.75) is 13.3 Å². The van der Waals surface area contributed by atoms with Crippen molar-refractivity contribution in [1.82, 2.24) is 15.2 Å². The van der Waals surface area contributed by atoms with E-state index in [0.717, 1.165) is 23.3 Å². The normalized spacial score (nSPS) is 10.3. The Morgan fingerprint density at radius 1 is 1.29 bits per heavy atom. The lowest BCUT2D eigenvalue weighted by molar-refractivity contribution is -0.121. The molecule has 2 amide bonds. The van der Waals surface area contributed by atoms with Gasteiger partial charge in [0, 0.05) is 31.5 Å². The number of likely N-dealkylation sites (N-methyl/N-ethyl adjacent to an activating group) is 1. The predicted octanol–water partition coefficient (Wildman–Crippen LogP) is 2.29. The van der Waals surface area contributed by atoms with E-state index < -0.39 is 0 Å². The van der Waals surface area contributed by atoms with Crippen molar-refractivity contribution in [3.05, 3.63) is 42.2 Å². The van der Waals surface area contributed by atoms with Gasteiger partial charge in [-0.05, 0) is 24.1 Å². The number of benzene rings is 1. The van der Waals surface area contributed by atoms with Crippen LogP contribution in [0.2, 0.25) is 0 Å². The lowest BCUT2D eigenvalue weighted by Gasteiger charge is -2.21. The zero-order chi connectivity index (χ0) is 17.5. The number of nitrogens with one attached hydrogen (secondary N) is 2. The van der Waals surface area contributed by atoms with Crippen LogP contribution >= 0.6 is 0 Å². The van der Waals surface area contributed by atoms with Gasteiger partial charge in [-0.15, -0.1) is 0 Å². The molecule has 0 bridgehead atoms. The van der Waals surface area contributed by atoms with Crippen LogP contribution in [0.25, 0.3) is 11.1 Å². The third-order valence-corrected chi connectivity index (χ3v) is 3.75. The average Bonchev–Trinajstić information content (AvgIpc) is 3.10. The van der Waals surface area contributed by atoms with Gasteiger partial charge in [-0.2, -0.15) is 0 Å². The Bertz CT molecular complexity index is 709. The topological polar surface area (TPSA) is 74.4 Å². The third kappa shape index (κ3) is 3.95. The molecule has 24 heavy (non-hydrogen) atoms. The standard InChI is InChI=1S/C18H23N3O3/c1-4-8-21(12-17(22)19-2)18(23)16-11-20-10-15(16)13-6-5-7-14(9-13)24-3/h5-7,9-11,20H,4,8,12H2,1-3H3,(H,19,22). The van der Waals surface area contributed by atoms with Crippen LogP contribution in [-0.2, 0) is 4.79 Å². The average molecular weight is 329 g/mol. The number of H-pyrrole nitrogens is 1. The molecule has 0 radical (unpaired) electrons. The summed E-state index contributed by atoms with van der Waals surface area (Å²) in [6.45, 7) is 2.55. The van der Waals surface area contributed by atoms with Crippen molar-refractivity contribution in [2.24, 2.45) is 0 Å². The number of methoxy groups -OCH3 is 1. The Kier molecular flexibility index (Phi) is 6.01. The molecule has 1 aromatic heterocycles. The number of aromatic nitrogens is 1. The highest BCUT2D eigenvalue weighted by Gasteiger charge is 2.21. The first-order valence-electron chi connectivity index (χ1n) is 7.91. The quantitative estimate of drug-likeness (QED) is 0.818. The van der Waals surface area contributed by atoms with E-state index in [1.807, 2.05) is 31.2 Å². The fourth-order valence-corrected chi connectivity index (χ4v) is 2.52. The first kappa shape index (κ1) is 17.6. The fraction of sp³-hybridized carbons (Fsp3) is 0.333. The van der Waals surface area contributed by atoms with Gasteiger partial charge in [-0.3, -0.25) is 9.59 Å². The largest absolute Gasteiger partial charge is 0.497 e. The second kappa shape index (κ2) is 8.19. The van der Waals surface area contributed by atoms with E-state index >= 15 is 0 Å². The minimum absolute atomic E-state index is 0.0475. The molecule has 1 aromatic carbocycles. The van der Waals surface area contributed by atoms with Crippen molar-refractivity contribution < 1.29 is 14.3 Å². The Balaban J connectivity index is 2.32. The minimum atomic E-state index is -0.185. The molecule has 0 atom stereocenters. The number of carbonyl (C=O) groups is 2. The van der Waals surface area contributed by atoms with Gasteiger partial charge in [0.25, 0.3) is 5.91 Å². The first-order chi connectivity index (χ1) is 11.6. The number of amides is 2. The summed E-state index contributed by atoms with van der Waals surface area (Å²) in [6, 6.07) is 7.53. The van der Waals surface area contributed by atoms with Crippen LogP contribution in [0.3, 0.4) is 0 Å². The van der Waals surface area contributed by atoms with E-state index in [1.165, 1.54) is 0 Å². The fourth-order valence-electron chi connectivity index (χ4n) is 2.52. The molecule has 6 heteroatoms. The van der Waals surface area contributed by atoms with Crippen molar-refractivity contribution in [1.29, 1.82) is 0 Å². The maximum Gasteiger partial charge on any atom is 0.256 e. The van der Waals surface area contributed by atoms with Crippen LogP contribution in [-0.4, -0.2) is 48.9 Å². The Labute approximate surface area is 141 Å². The van der Waals surface area contributed by atoms with Crippen LogP contribution in [0.4, 0.5) is 0 Å². The van der Waals surface area contributed by atoms with Gasteiger partial charge in [-0.1, -0.05) is 19.1 Å². The van der Waals surface area contributed by atoms with Crippen LogP contribution < -0.4 is 10.1 Å². The Hall–Kier alpha value is -2.76. The number of hydrogen-bond donors (Lipinski definition) is 2.